The van der Waals surface area contributed by atoms with Crippen LogP contribution < -0.4 is 4.80 Å². The quantitative estimate of drug-likeness (QED) is 0.763. The van der Waals surface area contributed by atoms with Gasteiger partial charge in [-0.3, -0.25) is 4.79 Å². The Morgan fingerprint density at radius 1 is 1.23 bits per heavy atom. The topological polar surface area (TPSA) is 34.4 Å². The smallest absolute Gasteiger partial charge is 0.252 e. The second kappa shape index (κ2) is 6.49. The van der Waals surface area contributed by atoms with E-state index in [0.717, 1.165) is 23.7 Å². The molecule has 1 aromatic heterocycles. The number of amides is 1. The van der Waals surface area contributed by atoms with Crippen LogP contribution in [0.4, 0.5) is 0 Å². The van der Waals surface area contributed by atoms with Crippen LogP contribution in [0.1, 0.15) is 62.1 Å². The van der Waals surface area contributed by atoms with Gasteiger partial charge in [-0.2, -0.15) is 4.99 Å². The fraction of sp³-hybridized carbons (Fsp3) is 0.545. The second-order valence-electron chi connectivity index (χ2n) is 8.91. The lowest BCUT2D eigenvalue weighted by Gasteiger charge is -2.17. The van der Waals surface area contributed by atoms with Crippen molar-refractivity contribution >= 4 is 17.2 Å². The molecule has 0 bridgehead atoms. The monoisotopic (exact) mass is 368 g/mol. The SMILES string of the molecule is Cc1c(C(C)(C)C)sc(=NC(=O)C2C[C@H]2c2ccccc2)n1CC1CC1. The summed E-state index contributed by atoms with van der Waals surface area (Å²) in [6.07, 6.45) is 3.55. The molecule has 2 fully saturated rings. The Hall–Kier alpha value is -1.68. The number of hydrogen-bond donors (Lipinski definition) is 0. The highest BCUT2D eigenvalue weighted by atomic mass is 32.1. The normalized spacial score (nSPS) is 23.3. The maximum atomic E-state index is 12.8. The van der Waals surface area contributed by atoms with Gasteiger partial charge < -0.3 is 4.57 Å². The van der Waals surface area contributed by atoms with Gasteiger partial charge >= 0.3 is 0 Å². The standard InChI is InChI=1S/C22H28N2OS/c1-14-19(22(2,3)4)26-21(24(14)13-15-10-11-15)23-20(25)18-12-17(18)16-8-6-5-7-9-16/h5-9,15,17-18H,10-13H2,1-4H3/t17-,18?/m0/s1. The van der Waals surface area contributed by atoms with E-state index in [1.54, 1.807) is 11.3 Å². The number of carbonyl (C=O) groups is 1. The zero-order valence-electron chi connectivity index (χ0n) is 16.2. The molecule has 2 aliphatic rings. The molecule has 1 unspecified atom stereocenters. The summed E-state index contributed by atoms with van der Waals surface area (Å²) in [6, 6.07) is 10.4. The second-order valence-corrected chi connectivity index (χ2v) is 9.89. The maximum absolute atomic E-state index is 12.8. The molecule has 0 saturated heterocycles. The van der Waals surface area contributed by atoms with Crippen molar-refractivity contribution in [2.24, 2.45) is 16.8 Å². The van der Waals surface area contributed by atoms with Crippen molar-refractivity contribution in [3.8, 4) is 0 Å². The van der Waals surface area contributed by atoms with Crippen molar-refractivity contribution in [3.05, 3.63) is 51.3 Å². The Bertz CT molecular complexity index is 881. The molecule has 1 amide bonds. The van der Waals surface area contributed by atoms with E-state index in [0.29, 0.717) is 5.92 Å². The first-order valence-corrected chi connectivity index (χ1v) is 10.5. The van der Waals surface area contributed by atoms with E-state index < -0.39 is 0 Å². The fourth-order valence-electron chi connectivity index (χ4n) is 3.75. The molecule has 0 N–H and O–H groups in total. The van der Waals surface area contributed by atoms with Gasteiger partial charge in [0.15, 0.2) is 4.80 Å². The minimum Gasteiger partial charge on any atom is -0.320 e. The van der Waals surface area contributed by atoms with Gasteiger partial charge in [-0.15, -0.1) is 11.3 Å². The molecule has 4 rings (SSSR count). The van der Waals surface area contributed by atoms with Crippen LogP contribution in [0.15, 0.2) is 35.3 Å². The summed E-state index contributed by atoms with van der Waals surface area (Å²) in [5.74, 6) is 1.24. The molecule has 0 radical (unpaired) electrons. The van der Waals surface area contributed by atoms with E-state index in [-0.39, 0.29) is 17.2 Å². The average molecular weight is 369 g/mol. The number of nitrogens with zero attached hydrogens (tertiary/aromatic N) is 2. The van der Waals surface area contributed by atoms with E-state index in [4.69, 9.17) is 0 Å². The first kappa shape index (κ1) is 17.7. The molecule has 0 aliphatic heterocycles. The number of hydrogen-bond acceptors (Lipinski definition) is 2. The number of benzene rings is 1. The summed E-state index contributed by atoms with van der Waals surface area (Å²) in [4.78, 5) is 19.7. The van der Waals surface area contributed by atoms with Gasteiger partial charge in [0.05, 0.1) is 0 Å². The molecule has 2 aromatic rings. The molecule has 2 saturated carbocycles. The largest absolute Gasteiger partial charge is 0.320 e. The van der Waals surface area contributed by atoms with E-state index in [1.807, 2.05) is 18.2 Å². The van der Waals surface area contributed by atoms with Gasteiger partial charge in [-0.25, -0.2) is 0 Å². The van der Waals surface area contributed by atoms with Crippen LogP contribution >= 0.6 is 11.3 Å². The van der Waals surface area contributed by atoms with Crippen molar-refractivity contribution in [2.75, 3.05) is 0 Å². The lowest BCUT2D eigenvalue weighted by molar-refractivity contribution is -0.119. The minimum atomic E-state index is 0.0603. The highest BCUT2D eigenvalue weighted by Crippen LogP contribution is 2.48. The van der Waals surface area contributed by atoms with E-state index >= 15 is 0 Å². The molecular formula is C22H28N2OS. The van der Waals surface area contributed by atoms with Crippen molar-refractivity contribution in [3.63, 3.8) is 0 Å². The molecule has 1 aromatic carbocycles. The summed E-state index contributed by atoms with van der Waals surface area (Å²) in [5.41, 5.74) is 2.64. The van der Waals surface area contributed by atoms with E-state index in [1.165, 1.54) is 29.0 Å². The Labute approximate surface area is 159 Å². The Kier molecular flexibility index (Phi) is 4.42. The number of aromatic nitrogens is 1. The molecule has 2 atom stereocenters. The van der Waals surface area contributed by atoms with Crippen molar-refractivity contribution in [1.29, 1.82) is 0 Å². The zero-order valence-corrected chi connectivity index (χ0v) is 17.0. The third kappa shape index (κ3) is 3.57. The Morgan fingerprint density at radius 3 is 2.54 bits per heavy atom. The van der Waals surface area contributed by atoms with Gasteiger partial charge in [-0.05, 0) is 49.0 Å². The Morgan fingerprint density at radius 2 is 1.92 bits per heavy atom. The molecule has 3 nitrogen and oxygen atoms in total. The average Bonchev–Trinajstić information content (AvgIpc) is 3.49. The number of thiazole rings is 1. The van der Waals surface area contributed by atoms with Crippen LogP contribution in [0.2, 0.25) is 0 Å². The molecule has 1 heterocycles. The zero-order chi connectivity index (χ0) is 18.5. The van der Waals surface area contributed by atoms with Gasteiger partial charge in [-0.1, -0.05) is 51.1 Å². The van der Waals surface area contributed by atoms with Gasteiger partial charge in [0.1, 0.15) is 0 Å². The molecule has 2 aliphatic carbocycles. The third-order valence-corrected chi connectivity index (χ3v) is 7.12. The van der Waals surface area contributed by atoms with E-state index in [9.17, 15) is 4.79 Å². The summed E-state index contributed by atoms with van der Waals surface area (Å²) in [7, 11) is 0. The van der Waals surface area contributed by atoms with Crippen LogP contribution in [0.25, 0.3) is 0 Å². The lowest BCUT2D eigenvalue weighted by Crippen LogP contribution is -2.20. The van der Waals surface area contributed by atoms with Gasteiger partial charge in [0.25, 0.3) is 5.91 Å². The first-order valence-electron chi connectivity index (χ1n) is 9.69. The highest BCUT2D eigenvalue weighted by molar-refractivity contribution is 7.09. The first-order chi connectivity index (χ1) is 12.3. The summed E-state index contributed by atoms with van der Waals surface area (Å²) in [6.45, 7) is 9.92. The fourth-order valence-corrected chi connectivity index (χ4v) is 4.96. The molecule has 138 valence electrons. The van der Waals surface area contributed by atoms with Gasteiger partial charge in [0.2, 0.25) is 0 Å². The van der Waals surface area contributed by atoms with Crippen molar-refractivity contribution < 1.29 is 4.79 Å². The molecule has 0 spiro atoms. The van der Waals surface area contributed by atoms with Gasteiger partial charge in [0, 0.05) is 23.0 Å². The molecule has 26 heavy (non-hydrogen) atoms. The van der Waals surface area contributed by atoms with Crippen molar-refractivity contribution in [2.45, 2.75) is 64.8 Å². The van der Waals surface area contributed by atoms with Crippen LogP contribution in [0, 0.1) is 18.8 Å². The lowest BCUT2D eigenvalue weighted by atomic mass is 9.93. The maximum Gasteiger partial charge on any atom is 0.252 e. The predicted octanol–water partition coefficient (Wildman–Crippen LogP) is 4.80. The van der Waals surface area contributed by atoms with Crippen LogP contribution in [0.3, 0.4) is 0 Å². The molecule has 4 heteroatoms. The van der Waals surface area contributed by atoms with Crippen LogP contribution in [0.5, 0.6) is 0 Å². The summed E-state index contributed by atoms with van der Waals surface area (Å²) < 4.78 is 2.31. The van der Waals surface area contributed by atoms with Crippen LogP contribution in [-0.2, 0) is 16.8 Å². The Balaban J connectivity index is 1.63. The predicted molar refractivity (Wildman–Crippen MR) is 106 cm³/mol. The number of carbonyl (C=O) groups excluding carboxylic acids is 1. The van der Waals surface area contributed by atoms with Crippen LogP contribution in [-0.4, -0.2) is 10.5 Å². The minimum absolute atomic E-state index is 0.0603. The third-order valence-electron chi connectivity index (χ3n) is 5.52. The summed E-state index contributed by atoms with van der Waals surface area (Å²) >= 11 is 1.71. The highest BCUT2D eigenvalue weighted by Gasteiger charge is 2.44. The van der Waals surface area contributed by atoms with E-state index in [2.05, 4.69) is 49.4 Å². The summed E-state index contributed by atoms with van der Waals surface area (Å²) in [5, 5.41) is 0. The number of rotatable bonds is 4. The molecular weight excluding hydrogens is 340 g/mol. The van der Waals surface area contributed by atoms with Crippen molar-refractivity contribution in [1.82, 2.24) is 4.57 Å².